The maximum atomic E-state index is 12.7. The van der Waals surface area contributed by atoms with Crippen LogP contribution >= 0.6 is 0 Å². The van der Waals surface area contributed by atoms with Crippen LogP contribution in [0.15, 0.2) is 54.2 Å². The minimum Gasteiger partial charge on any atom is -0.487 e. The Bertz CT molecular complexity index is 1560. The van der Waals surface area contributed by atoms with E-state index in [4.69, 9.17) is 9.47 Å². The van der Waals surface area contributed by atoms with Gasteiger partial charge in [-0.1, -0.05) is 6.07 Å². The first-order chi connectivity index (χ1) is 20.6. The summed E-state index contributed by atoms with van der Waals surface area (Å²) in [6.45, 7) is 6.05. The van der Waals surface area contributed by atoms with Gasteiger partial charge in [-0.25, -0.2) is 19.6 Å². The molecule has 42 heavy (non-hydrogen) atoms. The Balaban J connectivity index is 1.09. The summed E-state index contributed by atoms with van der Waals surface area (Å²) in [4.78, 5) is 28.1. The number of nitriles is 1. The van der Waals surface area contributed by atoms with Crippen molar-refractivity contribution in [3.8, 4) is 22.9 Å². The van der Waals surface area contributed by atoms with Gasteiger partial charge in [0.1, 0.15) is 36.3 Å². The molecule has 0 spiro atoms. The zero-order chi connectivity index (χ0) is 28.9. The molecule has 1 saturated heterocycles. The second kappa shape index (κ2) is 12.5. The first-order valence-corrected chi connectivity index (χ1v) is 14.3. The van der Waals surface area contributed by atoms with Gasteiger partial charge in [0, 0.05) is 37.1 Å². The molecule has 6 rings (SSSR count). The van der Waals surface area contributed by atoms with E-state index in [2.05, 4.69) is 41.4 Å². The zero-order valence-corrected chi connectivity index (χ0v) is 23.5. The molecule has 13 nitrogen and oxygen atoms in total. The smallest absolute Gasteiger partial charge is 0.287 e. The summed E-state index contributed by atoms with van der Waals surface area (Å²) in [5, 5.41) is 19.7. The van der Waals surface area contributed by atoms with Gasteiger partial charge in [-0.2, -0.15) is 10.4 Å². The Kier molecular flexibility index (Phi) is 8.25. The Morgan fingerprint density at radius 1 is 1.14 bits per heavy atom. The van der Waals surface area contributed by atoms with Crippen molar-refractivity contribution in [1.29, 1.82) is 5.26 Å². The SMILES string of the molecule is C[C@@H](Cn1cncn1)Oc1cc(-c2cnc(Nc3cn(C4CCC(N5CCOCC5)CC4)[nH]c3=O)nc2)ccc1C#N. The van der Waals surface area contributed by atoms with Crippen LogP contribution in [0.2, 0.25) is 0 Å². The van der Waals surface area contributed by atoms with E-state index in [1.165, 1.54) is 6.33 Å². The number of benzene rings is 1. The average molecular weight is 571 g/mol. The molecule has 0 bridgehead atoms. The van der Waals surface area contributed by atoms with Crippen LogP contribution in [0.3, 0.4) is 0 Å². The van der Waals surface area contributed by atoms with E-state index in [1.54, 1.807) is 35.5 Å². The van der Waals surface area contributed by atoms with Crippen molar-refractivity contribution in [2.75, 3.05) is 31.6 Å². The van der Waals surface area contributed by atoms with Gasteiger partial charge in [0.05, 0.1) is 37.6 Å². The molecule has 218 valence electrons. The summed E-state index contributed by atoms with van der Waals surface area (Å²) < 4.78 is 15.2. The zero-order valence-electron chi connectivity index (χ0n) is 23.5. The van der Waals surface area contributed by atoms with Crippen molar-refractivity contribution in [3.05, 3.63) is 65.4 Å². The lowest BCUT2D eigenvalue weighted by atomic mass is 9.90. The van der Waals surface area contributed by atoms with Crippen LogP contribution < -0.4 is 15.6 Å². The number of morpholine rings is 1. The third kappa shape index (κ3) is 6.35. The van der Waals surface area contributed by atoms with Crippen molar-refractivity contribution in [2.24, 2.45) is 0 Å². The normalized spacial score (nSPS) is 20.1. The van der Waals surface area contributed by atoms with Gasteiger partial charge in [0.25, 0.3) is 5.56 Å². The Morgan fingerprint density at radius 3 is 2.62 bits per heavy atom. The maximum absolute atomic E-state index is 12.7. The molecule has 1 atom stereocenters. The number of anilines is 2. The lowest BCUT2D eigenvalue weighted by Crippen LogP contribution is -2.45. The fourth-order valence-corrected chi connectivity index (χ4v) is 5.74. The molecule has 0 unspecified atom stereocenters. The molecule has 2 aliphatic rings. The fourth-order valence-electron chi connectivity index (χ4n) is 5.74. The molecule has 1 aliphatic carbocycles. The van der Waals surface area contributed by atoms with Crippen LogP contribution in [0.25, 0.3) is 11.1 Å². The second-order valence-electron chi connectivity index (χ2n) is 10.8. The topological polar surface area (TPSA) is 152 Å². The predicted molar refractivity (Wildman–Crippen MR) is 154 cm³/mol. The lowest BCUT2D eigenvalue weighted by molar-refractivity contribution is 0.00505. The standard InChI is InChI=1S/C29H34N10O3/c1-20(16-38-19-31-18-34-38)42-27-12-21(2-3-22(27)13-30)23-14-32-29(33-15-23)35-26-17-39(36-28(26)40)25-6-4-24(5-7-25)37-8-10-41-11-9-37/h2-3,12,14-15,17-20,24-25H,4-11,16H2,1H3,(H,36,40)(H,32,33,35)/t20-,24?,25?/m0/s1. The number of hydrogen-bond acceptors (Lipinski definition) is 10. The number of nitrogens with one attached hydrogen (secondary N) is 2. The van der Waals surface area contributed by atoms with Gasteiger partial charge in [0.15, 0.2) is 0 Å². The maximum Gasteiger partial charge on any atom is 0.287 e. The Morgan fingerprint density at radius 2 is 1.90 bits per heavy atom. The van der Waals surface area contributed by atoms with Crippen LogP contribution in [0.1, 0.15) is 44.2 Å². The van der Waals surface area contributed by atoms with E-state index in [0.29, 0.717) is 35.5 Å². The van der Waals surface area contributed by atoms with Crippen LogP contribution in [-0.2, 0) is 11.3 Å². The number of aromatic amines is 1. The van der Waals surface area contributed by atoms with Gasteiger partial charge in [-0.05, 0) is 50.3 Å². The number of hydrogen-bond donors (Lipinski definition) is 2. The van der Waals surface area contributed by atoms with E-state index >= 15 is 0 Å². The molecule has 0 amide bonds. The molecule has 1 aromatic carbocycles. The molecular weight excluding hydrogens is 536 g/mol. The molecule has 4 heterocycles. The highest BCUT2D eigenvalue weighted by atomic mass is 16.5. The van der Waals surface area contributed by atoms with Crippen molar-refractivity contribution in [1.82, 2.24) is 39.4 Å². The van der Waals surface area contributed by atoms with Crippen molar-refractivity contribution in [2.45, 2.75) is 57.3 Å². The summed E-state index contributed by atoms with van der Waals surface area (Å²) in [6, 6.07) is 8.40. The summed E-state index contributed by atoms with van der Waals surface area (Å²) >= 11 is 0. The van der Waals surface area contributed by atoms with Gasteiger partial charge in [-0.15, -0.1) is 0 Å². The molecule has 3 aromatic heterocycles. The molecule has 13 heteroatoms. The number of ether oxygens (including phenoxy) is 2. The lowest BCUT2D eigenvalue weighted by Gasteiger charge is -2.38. The van der Waals surface area contributed by atoms with E-state index in [9.17, 15) is 10.1 Å². The predicted octanol–water partition coefficient (Wildman–Crippen LogP) is 3.12. The summed E-state index contributed by atoms with van der Waals surface area (Å²) in [7, 11) is 0. The largest absolute Gasteiger partial charge is 0.487 e. The van der Waals surface area contributed by atoms with Gasteiger partial charge >= 0.3 is 0 Å². The Labute approximate surface area is 243 Å². The van der Waals surface area contributed by atoms with Crippen LogP contribution in [0.5, 0.6) is 5.75 Å². The summed E-state index contributed by atoms with van der Waals surface area (Å²) in [5.74, 6) is 0.793. The third-order valence-electron chi connectivity index (χ3n) is 7.94. The quantitative estimate of drug-likeness (QED) is 0.307. The molecule has 4 aromatic rings. The highest BCUT2D eigenvalue weighted by molar-refractivity contribution is 5.66. The van der Waals surface area contributed by atoms with E-state index in [0.717, 1.165) is 63.1 Å². The minimum atomic E-state index is -0.234. The van der Waals surface area contributed by atoms with E-state index < -0.39 is 0 Å². The highest BCUT2D eigenvalue weighted by Crippen LogP contribution is 2.32. The molecule has 1 aliphatic heterocycles. The summed E-state index contributed by atoms with van der Waals surface area (Å²) in [6.07, 6.45) is 12.3. The molecule has 2 N–H and O–H groups in total. The van der Waals surface area contributed by atoms with Crippen LogP contribution in [-0.4, -0.2) is 77.9 Å². The van der Waals surface area contributed by atoms with Crippen molar-refractivity contribution in [3.63, 3.8) is 0 Å². The second-order valence-corrected chi connectivity index (χ2v) is 10.8. The van der Waals surface area contributed by atoms with Gasteiger partial charge < -0.3 is 14.8 Å². The van der Waals surface area contributed by atoms with Gasteiger partial charge in [-0.3, -0.25) is 19.5 Å². The summed E-state index contributed by atoms with van der Waals surface area (Å²) in [5.41, 5.74) is 2.20. The minimum absolute atomic E-state index is 0.202. The fraction of sp³-hybridized carbons (Fsp3) is 0.448. The number of rotatable bonds is 9. The average Bonchev–Trinajstić information content (AvgIpc) is 3.67. The molecule has 0 radical (unpaired) electrons. The first kappa shape index (κ1) is 27.6. The van der Waals surface area contributed by atoms with Crippen molar-refractivity contribution < 1.29 is 9.47 Å². The highest BCUT2D eigenvalue weighted by Gasteiger charge is 2.28. The number of nitrogens with zero attached hydrogens (tertiary/aromatic N) is 8. The van der Waals surface area contributed by atoms with Gasteiger partial charge in [0.2, 0.25) is 5.95 Å². The third-order valence-corrected chi connectivity index (χ3v) is 7.94. The first-order valence-electron chi connectivity index (χ1n) is 14.3. The van der Waals surface area contributed by atoms with Crippen LogP contribution in [0.4, 0.5) is 11.6 Å². The molecular formula is C29H34N10O3. The van der Waals surface area contributed by atoms with E-state index in [1.807, 2.05) is 23.9 Å². The van der Waals surface area contributed by atoms with Crippen LogP contribution in [0, 0.1) is 11.3 Å². The Hall–Kier alpha value is -4.54. The number of aromatic nitrogens is 7. The molecule has 1 saturated carbocycles. The van der Waals surface area contributed by atoms with E-state index in [-0.39, 0.29) is 17.7 Å². The monoisotopic (exact) mass is 570 g/mol. The molecule has 2 fully saturated rings. The van der Waals surface area contributed by atoms with Crippen molar-refractivity contribution >= 4 is 11.6 Å². The number of H-pyrrole nitrogens is 1.